The molecule has 2 N–H and O–H groups in total. The van der Waals surface area contributed by atoms with Crippen LogP contribution in [0.5, 0.6) is 0 Å². The Kier molecular flexibility index (Phi) is 4.76. The number of hydrogen-bond acceptors (Lipinski definition) is 4. The van der Waals surface area contributed by atoms with E-state index in [4.69, 9.17) is 9.52 Å². The van der Waals surface area contributed by atoms with Gasteiger partial charge >= 0.3 is 5.76 Å². The van der Waals surface area contributed by atoms with Crippen molar-refractivity contribution in [2.75, 3.05) is 19.7 Å². The van der Waals surface area contributed by atoms with Crippen LogP contribution in [0, 0.1) is 0 Å². The Morgan fingerprint density at radius 2 is 2.16 bits per heavy atom. The molecule has 0 bridgehead atoms. The lowest BCUT2D eigenvalue weighted by Crippen LogP contribution is -2.18. The highest BCUT2D eigenvalue weighted by Crippen LogP contribution is 2.14. The monoisotopic (exact) mass is 264 g/mol. The summed E-state index contributed by atoms with van der Waals surface area (Å²) in [5.41, 5.74) is 2.62. The summed E-state index contributed by atoms with van der Waals surface area (Å²) in [6, 6.07) is 5.86. The van der Waals surface area contributed by atoms with E-state index < -0.39 is 0 Å². The van der Waals surface area contributed by atoms with Crippen LogP contribution in [0.2, 0.25) is 0 Å². The number of fused-ring (bicyclic) bond motifs is 1. The number of aliphatic hydroxyl groups is 1. The van der Waals surface area contributed by atoms with Gasteiger partial charge in [-0.1, -0.05) is 6.07 Å². The second-order valence-electron chi connectivity index (χ2n) is 4.66. The van der Waals surface area contributed by atoms with E-state index in [2.05, 4.69) is 5.32 Å². The van der Waals surface area contributed by atoms with Gasteiger partial charge in [0.05, 0.1) is 5.52 Å². The molecule has 5 heteroatoms. The van der Waals surface area contributed by atoms with E-state index in [9.17, 15) is 4.79 Å². The summed E-state index contributed by atoms with van der Waals surface area (Å²) in [5, 5.41) is 12.0. The Morgan fingerprint density at radius 3 is 2.95 bits per heavy atom. The first-order chi connectivity index (χ1) is 9.22. The molecular formula is C14H20N2O3. The molecule has 0 radical (unpaired) electrons. The third-order valence-electron chi connectivity index (χ3n) is 3.21. The summed E-state index contributed by atoms with van der Waals surface area (Å²) in [6.45, 7) is 2.06. The van der Waals surface area contributed by atoms with Gasteiger partial charge < -0.3 is 14.8 Å². The summed E-state index contributed by atoms with van der Waals surface area (Å²) in [4.78, 5) is 11.4. The number of aryl methyl sites for hydroxylation is 1. The van der Waals surface area contributed by atoms with Crippen LogP contribution in [0.25, 0.3) is 11.1 Å². The number of aliphatic hydroxyl groups excluding tert-OH is 1. The van der Waals surface area contributed by atoms with E-state index in [-0.39, 0.29) is 12.4 Å². The van der Waals surface area contributed by atoms with Gasteiger partial charge in [0.1, 0.15) is 0 Å². The van der Waals surface area contributed by atoms with Gasteiger partial charge in [-0.25, -0.2) is 4.79 Å². The average molecular weight is 264 g/mol. The minimum Gasteiger partial charge on any atom is -0.408 e. The number of nitrogens with one attached hydrogen (secondary N) is 1. The molecule has 0 saturated carbocycles. The first kappa shape index (κ1) is 13.8. The Hall–Kier alpha value is -1.59. The predicted molar refractivity (Wildman–Crippen MR) is 74.3 cm³/mol. The largest absolute Gasteiger partial charge is 0.419 e. The Labute approximate surface area is 111 Å². The van der Waals surface area contributed by atoms with Gasteiger partial charge in [-0.05, 0) is 50.0 Å². The molecule has 2 aromatic rings. The molecule has 5 nitrogen and oxygen atoms in total. The van der Waals surface area contributed by atoms with Gasteiger partial charge in [-0.2, -0.15) is 0 Å². The molecule has 1 heterocycles. The molecule has 0 amide bonds. The lowest BCUT2D eigenvalue weighted by atomic mass is 10.1. The van der Waals surface area contributed by atoms with Crippen LogP contribution in [0.15, 0.2) is 27.4 Å². The van der Waals surface area contributed by atoms with E-state index in [0.29, 0.717) is 5.58 Å². The highest BCUT2D eigenvalue weighted by molar-refractivity contribution is 5.73. The molecule has 0 spiro atoms. The van der Waals surface area contributed by atoms with E-state index in [1.165, 1.54) is 4.57 Å². The maximum Gasteiger partial charge on any atom is 0.419 e. The second kappa shape index (κ2) is 6.54. The van der Waals surface area contributed by atoms with Crippen molar-refractivity contribution in [2.45, 2.75) is 19.3 Å². The number of benzene rings is 1. The molecule has 1 aromatic carbocycles. The van der Waals surface area contributed by atoms with Crippen molar-refractivity contribution in [1.29, 1.82) is 0 Å². The molecular weight excluding hydrogens is 244 g/mol. The van der Waals surface area contributed by atoms with E-state index >= 15 is 0 Å². The number of aromatic nitrogens is 1. The average Bonchev–Trinajstić information content (AvgIpc) is 2.69. The molecule has 0 saturated heterocycles. The quantitative estimate of drug-likeness (QED) is 0.733. The minimum absolute atomic E-state index is 0.255. The number of oxazole rings is 1. The van der Waals surface area contributed by atoms with E-state index in [0.717, 1.165) is 43.4 Å². The van der Waals surface area contributed by atoms with Crippen LogP contribution >= 0.6 is 0 Å². The highest BCUT2D eigenvalue weighted by atomic mass is 16.4. The van der Waals surface area contributed by atoms with Crippen LogP contribution < -0.4 is 11.1 Å². The third kappa shape index (κ3) is 3.45. The molecule has 0 aliphatic carbocycles. The van der Waals surface area contributed by atoms with Crippen LogP contribution in [0.4, 0.5) is 0 Å². The van der Waals surface area contributed by atoms with Gasteiger partial charge in [0.2, 0.25) is 0 Å². The molecule has 0 fully saturated rings. The zero-order valence-corrected chi connectivity index (χ0v) is 11.2. The lowest BCUT2D eigenvalue weighted by Gasteiger charge is -2.04. The summed E-state index contributed by atoms with van der Waals surface area (Å²) in [6.07, 6.45) is 2.73. The van der Waals surface area contributed by atoms with E-state index in [1.54, 1.807) is 7.05 Å². The molecule has 2 rings (SSSR count). The van der Waals surface area contributed by atoms with Crippen molar-refractivity contribution < 1.29 is 9.52 Å². The normalized spacial score (nSPS) is 11.3. The van der Waals surface area contributed by atoms with Crippen LogP contribution in [0.1, 0.15) is 18.4 Å². The zero-order valence-electron chi connectivity index (χ0n) is 11.2. The fourth-order valence-corrected chi connectivity index (χ4v) is 2.05. The number of nitrogens with zero attached hydrogens (tertiary/aromatic N) is 1. The van der Waals surface area contributed by atoms with E-state index in [1.807, 2.05) is 18.2 Å². The zero-order chi connectivity index (χ0) is 13.7. The Morgan fingerprint density at radius 1 is 1.32 bits per heavy atom. The molecule has 1 aromatic heterocycles. The van der Waals surface area contributed by atoms with Gasteiger partial charge in [-0.3, -0.25) is 4.57 Å². The van der Waals surface area contributed by atoms with Gasteiger partial charge in [0.25, 0.3) is 0 Å². The standard InChI is InChI=1S/C14H20N2O3/c1-16-12-5-4-11(10-13(12)19-14(16)18)6-8-15-7-2-3-9-17/h4-5,10,15,17H,2-3,6-9H2,1H3. The molecule has 0 unspecified atom stereocenters. The summed E-state index contributed by atoms with van der Waals surface area (Å²) in [7, 11) is 1.70. The molecule has 104 valence electrons. The minimum atomic E-state index is -0.325. The molecule has 0 aliphatic rings. The van der Waals surface area contributed by atoms with Crippen LogP contribution in [-0.4, -0.2) is 29.4 Å². The van der Waals surface area contributed by atoms with Crippen LogP contribution in [0.3, 0.4) is 0 Å². The fourth-order valence-electron chi connectivity index (χ4n) is 2.05. The summed E-state index contributed by atoms with van der Waals surface area (Å²) < 4.78 is 6.66. The second-order valence-corrected chi connectivity index (χ2v) is 4.66. The third-order valence-corrected chi connectivity index (χ3v) is 3.21. The predicted octanol–water partition coefficient (Wildman–Crippen LogP) is 1.04. The highest BCUT2D eigenvalue weighted by Gasteiger charge is 2.05. The van der Waals surface area contributed by atoms with Crippen molar-refractivity contribution in [1.82, 2.24) is 9.88 Å². The Balaban J connectivity index is 1.89. The fraction of sp³-hybridized carbons (Fsp3) is 0.500. The molecule has 0 aliphatic heterocycles. The van der Waals surface area contributed by atoms with Crippen molar-refractivity contribution in [3.63, 3.8) is 0 Å². The molecule has 0 atom stereocenters. The van der Waals surface area contributed by atoms with Crippen molar-refractivity contribution in [3.05, 3.63) is 34.3 Å². The van der Waals surface area contributed by atoms with Crippen LogP contribution in [-0.2, 0) is 13.5 Å². The van der Waals surface area contributed by atoms with Crippen molar-refractivity contribution in [3.8, 4) is 0 Å². The topological polar surface area (TPSA) is 67.4 Å². The SMILES string of the molecule is Cn1c(=O)oc2cc(CCNCCCCO)ccc21. The smallest absolute Gasteiger partial charge is 0.408 e. The van der Waals surface area contributed by atoms with Gasteiger partial charge in [0.15, 0.2) is 5.58 Å². The van der Waals surface area contributed by atoms with Gasteiger partial charge in [-0.15, -0.1) is 0 Å². The maximum atomic E-state index is 11.4. The number of rotatable bonds is 7. The lowest BCUT2D eigenvalue weighted by molar-refractivity contribution is 0.284. The Bertz CT molecular complexity index is 586. The summed E-state index contributed by atoms with van der Waals surface area (Å²) >= 11 is 0. The van der Waals surface area contributed by atoms with Gasteiger partial charge in [0, 0.05) is 13.7 Å². The van der Waals surface area contributed by atoms with Crippen molar-refractivity contribution >= 4 is 11.1 Å². The molecule has 19 heavy (non-hydrogen) atoms. The summed E-state index contributed by atoms with van der Waals surface area (Å²) in [5.74, 6) is -0.325. The number of unbranched alkanes of at least 4 members (excludes halogenated alkanes) is 1. The number of hydrogen-bond donors (Lipinski definition) is 2. The first-order valence-corrected chi connectivity index (χ1v) is 6.62. The maximum absolute atomic E-state index is 11.4. The first-order valence-electron chi connectivity index (χ1n) is 6.62. The van der Waals surface area contributed by atoms with Crippen molar-refractivity contribution in [2.24, 2.45) is 7.05 Å².